The van der Waals surface area contributed by atoms with E-state index in [1.54, 1.807) is 13.1 Å². The lowest BCUT2D eigenvalue weighted by atomic mass is 9.77. The zero-order valence-electron chi connectivity index (χ0n) is 23.7. The van der Waals surface area contributed by atoms with Gasteiger partial charge in [0.1, 0.15) is 17.7 Å². The number of aromatic nitrogens is 2. The molecule has 3 N–H and O–H groups in total. The number of amides is 3. The Balaban J connectivity index is 1.15. The van der Waals surface area contributed by atoms with Crippen LogP contribution in [0.15, 0.2) is 54.9 Å². The third-order valence-electron chi connectivity index (χ3n) is 9.11. The Morgan fingerprint density at radius 2 is 1.85 bits per heavy atom. The van der Waals surface area contributed by atoms with Crippen LogP contribution in [-0.4, -0.2) is 75.2 Å². The lowest BCUT2D eigenvalue weighted by molar-refractivity contribution is -0.145. The maximum atomic E-state index is 13.8. The van der Waals surface area contributed by atoms with E-state index in [0.717, 1.165) is 49.1 Å². The molecule has 0 spiro atoms. The van der Waals surface area contributed by atoms with Crippen LogP contribution < -0.4 is 10.6 Å². The number of likely N-dealkylation sites (tertiary alicyclic amines) is 1. The summed E-state index contributed by atoms with van der Waals surface area (Å²) < 4.78 is 0. The Hall–Kier alpha value is -3.72. The predicted octanol–water partition coefficient (Wildman–Crippen LogP) is 3.02. The van der Waals surface area contributed by atoms with Gasteiger partial charge >= 0.3 is 0 Å². The summed E-state index contributed by atoms with van der Waals surface area (Å²) >= 11 is 0. The standard InChI is InChI=1S/C32H40N6O3/c1-21-32(41)38-18-23-15-24(19-37(17-23)20-25-16-34-30-26(25)9-6-14-33-30)28(38)10-5-11-29(39)36-27(31(40)35-21)13-12-22-7-3-2-4-8-22/h2-4,6-9,14,16,21,23-24,27-28H,5,10-13,15,17-20H2,1H3,(H,33,34)(H,35,40)(H,36,39)/t21-,23+,24-,27+,28+/m1/s1. The number of aryl methyl sites for hydroxylation is 1. The van der Waals surface area contributed by atoms with Crippen molar-refractivity contribution in [2.24, 2.45) is 11.8 Å². The van der Waals surface area contributed by atoms with Crippen molar-refractivity contribution in [1.82, 2.24) is 30.4 Å². The fraction of sp³-hybridized carbons (Fsp3) is 0.500. The van der Waals surface area contributed by atoms with E-state index in [4.69, 9.17) is 0 Å². The lowest BCUT2D eigenvalue weighted by Crippen LogP contribution is -2.62. The predicted molar refractivity (Wildman–Crippen MR) is 157 cm³/mol. The molecule has 3 amide bonds. The first-order valence-corrected chi connectivity index (χ1v) is 15.0. The number of pyridine rings is 1. The average molecular weight is 557 g/mol. The van der Waals surface area contributed by atoms with Crippen LogP contribution in [0, 0.1) is 11.8 Å². The van der Waals surface area contributed by atoms with Crippen LogP contribution in [0.25, 0.3) is 11.0 Å². The summed E-state index contributed by atoms with van der Waals surface area (Å²) in [6.45, 7) is 5.16. The van der Waals surface area contributed by atoms with Gasteiger partial charge < -0.3 is 20.5 Å². The third kappa shape index (κ3) is 6.15. The van der Waals surface area contributed by atoms with Crippen molar-refractivity contribution in [3.8, 4) is 0 Å². The third-order valence-corrected chi connectivity index (χ3v) is 9.11. The van der Waals surface area contributed by atoms with Crippen molar-refractivity contribution in [1.29, 1.82) is 0 Å². The van der Waals surface area contributed by atoms with Gasteiger partial charge in [0.15, 0.2) is 0 Å². The van der Waals surface area contributed by atoms with E-state index in [1.165, 1.54) is 5.56 Å². The minimum absolute atomic E-state index is 0.0112. The number of nitrogens with zero attached hydrogens (tertiary/aromatic N) is 3. The molecule has 2 aromatic heterocycles. The summed E-state index contributed by atoms with van der Waals surface area (Å²) in [6, 6.07) is 12.8. The molecule has 6 rings (SSSR count). The average Bonchev–Trinajstić information content (AvgIpc) is 3.38. The maximum absolute atomic E-state index is 13.8. The molecule has 0 radical (unpaired) electrons. The first-order chi connectivity index (χ1) is 19.9. The number of carbonyl (C=O) groups is 3. The van der Waals surface area contributed by atoms with Crippen molar-refractivity contribution in [2.45, 2.75) is 70.1 Å². The molecule has 0 aliphatic carbocycles. The first-order valence-electron chi connectivity index (χ1n) is 15.0. The fourth-order valence-electron chi connectivity index (χ4n) is 7.17. The van der Waals surface area contributed by atoms with Crippen molar-refractivity contribution < 1.29 is 14.4 Å². The summed E-state index contributed by atoms with van der Waals surface area (Å²) in [7, 11) is 0. The molecule has 5 atom stereocenters. The Morgan fingerprint density at radius 3 is 2.71 bits per heavy atom. The monoisotopic (exact) mass is 556 g/mol. The summed E-state index contributed by atoms with van der Waals surface area (Å²) in [5, 5.41) is 7.06. The van der Waals surface area contributed by atoms with Crippen LogP contribution in [-0.2, 0) is 27.3 Å². The normalized spacial score (nSPS) is 27.9. The Kier molecular flexibility index (Phi) is 8.05. The Morgan fingerprint density at radius 1 is 1.00 bits per heavy atom. The maximum Gasteiger partial charge on any atom is 0.245 e. The number of nitrogens with one attached hydrogen (secondary N) is 3. The zero-order valence-corrected chi connectivity index (χ0v) is 23.7. The quantitative estimate of drug-likeness (QED) is 0.448. The van der Waals surface area contributed by atoms with E-state index >= 15 is 0 Å². The van der Waals surface area contributed by atoms with Gasteiger partial charge in [0, 0.05) is 56.4 Å². The smallest absolute Gasteiger partial charge is 0.245 e. The molecule has 2 bridgehead atoms. The van der Waals surface area contributed by atoms with E-state index < -0.39 is 12.1 Å². The van der Waals surface area contributed by atoms with E-state index in [9.17, 15) is 14.4 Å². The largest absolute Gasteiger partial charge is 0.346 e. The van der Waals surface area contributed by atoms with Crippen LogP contribution in [0.2, 0.25) is 0 Å². The summed E-state index contributed by atoms with van der Waals surface area (Å²) in [4.78, 5) is 52.3. The molecule has 5 heterocycles. The molecule has 0 unspecified atom stereocenters. The number of hydrogen-bond acceptors (Lipinski definition) is 5. The molecule has 3 aliphatic heterocycles. The number of fused-ring (bicyclic) bond motifs is 5. The minimum atomic E-state index is -0.665. The van der Waals surface area contributed by atoms with Gasteiger partial charge in [-0.3, -0.25) is 19.3 Å². The van der Waals surface area contributed by atoms with Gasteiger partial charge in [0.05, 0.1) is 0 Å². The molecule has 9 nitrogen and oxygen atoms in total. The van der Waals surface area contributed by atoms with Crippen LogP contribution in [0.5, 0.6) is 0 Å². The molecule has 9 heteroatoms. The van der Waals surface area contributed by atoms with E-state index in [-0.39, 0.29) is 23.8 Å². The van der Waals surface area contributed by atoms with Crippen molar-refractivity contribution in [3.05, 3.63) is 66.0 Å². The summed E-state index contributed by atoms with van der Waals surface area (Å²) in [5.41, 5.74) is 3.27. The van der Waals surface area contributed by atoms with Crippen LogP contribution in [0.3, 0.4) is 0 Å². The fourth-order valence-corrected chi connectivity index (χ4v) is 7.17. The summed E-state index contributed by atoms with van der Waals surface area (Å²) in [5.74, 6) is 0.320. The number of benzene rings is 1. The van der Waals surface area contributed by atoms with Crippen molar-refractivity contribution in [2.75, 3.05) is 19.6 Å². The van der Waals surface area contributed by atoms with Gasteiger partial charge in [0.25, 0.3) is 0 Å². The van der Waals surface area contributed by atoms with Gasteiger partial charge in [-0.1, -0.05) is 30.3 Å². The second-order valence-electron chi connectivity index (χ2n) is 12.1. The molecule has 41 heavy (non-hydrogen) atoms. The minimum Gasteiger partial charge on any atom is -0.346 e. The number of aromatic amines is 1. The molecule has 0 saturated carbocycles. The molecule has 3 saturated heterocycles. The highest BCUT2D eigenvalue weighted by molar-refractivity contribution is 5.92. The molecule has 3 fully saturated rings. The molecule has 3 aliphatic rings. The first kappa shape index (κ1) is 27.4. The topological polar surface area (TPSA) is 110 Å². The van der Waals surface area contributed by atoms with Gasteiger partial charge in [-0.05, 0) is 74.1 Å². The van der Waals surface area contributed by atoms with E-state index in [0.29, 0.717) is 44.1 Å². The van der Waals surface area contributed by atoms with Crippen molar-refractivity contribution in [3.63, 3.8) is 0 Å². The van der Waals surface area contributed by atoms with Crippen LogP contribution in [0.1, 0.15) is 50.2 Å². The molecule has 216 valence electrons. The SMILES string of the molecule is C[C@H]1NC(=O)[C@H](CCc2ccccc2)NC(=O)CCC[C@H]2[C@@H]3C[C@@H](CN(Cc4c[nH]c5ncccc45)C3)CN2C1=O. The number of hydrogen-bond donors (Lipinski definition) is 3. The molecule has 1 aromatic carbocycles. The van der Waals surface area contributed by atoms with E-state index in [1.807, 2.05) is 41.3 Å². The van der Waals surface area contributed by atoms with Gasteiger partial charge in [-0.15, -0.1) is 0 Å². The van der Waals surface area contributed by atoms with Gasteiger partial charge in [-0.25, -0.2) is 4.98 Å². The van der Waals surface area contributed by atoms with Crippen LogP contribution >= 0.6 is 0 Å². The lowest BCUT2D eigenvalue weighted by Gasteiger charge is -2.51. The number of piperidine rings is 2. The van der Waals surface area contributed by atoms with Crippen molar-refractivity contribution >= 4 is 28.8 Å². The summed E-state index contributed by atoms with van der Waals surface area (Å²) in [6.07, 6.45) is 7.95. The molecule has 3 aromatic rings. The molecular weight excluding hydrogens is 516 g/mol. The second-order valence-corrected chi connectivity index (χ2v) is 12.1. The number of carbonyl (C=O) groups excluding carboxylic acids is 3. The zero-order chi connectivity index (χ0) is 28.3. The Bertz CT molecular complexity index is 1390. The van der Waals surface area contributed by atoms with E-state index in [2.05, 4.69) is 37.8 Å². The second kappa shape index (κ2) is 12.0. The highest BCUT2D eigenvalue weighted by Crippen LogP contribution is 2.37. The highest BCUT2D eigenvalue weighted by Gasteiger charge is 2.44. The van der Waals surface area contributed by atoms with Gasteiger partial charge in [0.2, 0.25) is 17.7 Å². The molecular formula is C32H40N6O3. The Labute approximate surface area is 241 Å². The number of rotatable bonds is 5. The van der Waals surface area contributed by atoms with Crippen LogP contribution in [0.4, 0.5) is 0 Å². The van der Waals surface area contributed by atoms with Gasteiger partial charge in [-0.2, -0.15) is 0 Å². The number of H-pyrrole nitrogens is 1. The highest BCUT2D eigenvalue weighted by atomic mass is 16.2.